The number of aromatic amines is 1. The van der Waals surface area contributed by atoms with E-state index in [-0.39, 0.29) is 5.82 Å². The summed E-state index contributed by atoms with van der Waals surface area (Å²) in [5, 5.41) is 6.93. The number of hydrogen-bond donors (Lipinski definition) is 1. The monoisotopic (exact) mass is 219 g/mol. The quantitative estimate of drug-likeness (QED) is 0.862. The molecule has 1 heterocycles. The molecule has 0 aliphatic rings. The van der Waals surface area contributed by atoms with Gasteiger partial charge in [0.15, 0.2) is 5.82 Å². The molecule has 16 heavy (non-hydrogen) atoms. The molecule has 2 aromatic rings. The van der Waals surface area contributed by atoms with Crippen molar-refractivity contribution < 1.29 is 4.39 Å². The molecule has 0 aliphatic heterocycles. The summed E-state index contributed by atoms with van der Waals surface area (Å²) in [6.45, 7) is 3.81. The van der Waals surface area contributed by atoms with Crippen molar-refractivity contribution in [1.82, 2.24) is 15.2 Å². The highest BCUT2D eigenvalue weighted by Gasteiger charge is 2.07. The number of aryl methyl sites for hydroxylation is 2. The van der Waals surface area contributed by atoms with Crippen LogP contribution in [0.4, 0.5) is 4.39 Å². The number of rotatable bonds is 3. The average molecular weight is 219 g/mol. The van der Waals surface area contributed by atoms with Crippen LogP contribution in [0.2, 0.25) is 0 Å². The number of nitrogens with one attached hydrogen (secondary N) is 1. The highest BCUT2D eigenvalue weighted by molar-refractivity contribution is 5.55. The van der Waals surface area contributed by atoms with Crippen molar-refractivity contribution in [3.63, 3.8) is 0 Å². The van der Waals surface area contributed by atoms with Gasteiger partial charge >= 0.3 is 0 Å². The average Bonchev–Trinajstić information content (AvgIpc) is 2.71. The van der Waals surface area contributed by atoms with Gasteiger partial charge in [-0.3, -0.25) is 5.10 Å². The molecule has 0 aliphatic carbocycles. The second-order valence-corrected chi connectivity index (χ2v) is 3.82. The van der Waals surface area contributed by atoms with Crippen LogP contribution in [0.1, 0.15) is 24.7 Å². The van der Waals surface area contributed by atoms with E-state index in [9.17, 15) is 4.39 Å². The van der Waals surface area contributed by atoms with E-state index < -0.39 is 0 Å². The van der Waals surface area contributed by atoms with Crippen LogP contribution in [0.25, 0.3) is 11.4 Å². The zero-order valence-corrected chi connectivity index (χ0v) is 9.42. The second-order valence-electron chi connectivity index (χ2n) is 3.82. The van der Waals surface area contributed by atoms with E-state index in [0.717, 1.165) is 18.7 Å². The number of benzene rings is 1. The standard InChI is InChI=1S/C12H14FN3/c1-3-4-11-14-12(16-15-11)9-6-5-8(2)10(13)7-9/h5-7H,3-4H2,1-2H3,(H,14,15,16). The maximum atomic E-state index is 13.4. The van der Waals surface area contributed by atoms with Crippen molar-refractivity contribution in [1.29, 1.82) is 0 Å². The van der Waals surface area contributed by atoms with Crippen molar-refractivity contribution in [2.75, 3.05) is 0 Å². The molecule has 0 radical (unpaired) electrons. The van der Waals surface area contributed by atoms with Crippen molar-refractivity contribution in [3.8, 4) is 11.4 Å². The normalized spacial score (nSPS) is 10.7. The molecule has 84 valence electrons. The Bertz CT molecular complexity index is 491. The van der Waals surface area contributed by atoms with E-state index in [4.69, 9.17) is 0 Å². The smallest absolute Gasteiger partial charge is 0.181 e. The van der Waals surface area contributed by atoms with Crippen LogP contribution >= 0.6 is 0 Å². The van der Waals surface area contributed by atoms with Crippen molar-refractivity contribution in [3.05, 3.63) is 35.4 Å². The van der Waals surface area contributed by atoms with E-state index >= 15 is 0 Å². The van der Waals surface area contributed by atoms with Gasteiger partial charge in [-0.05, 0) is 25.0 Å². The van der Waals surface area contributed by atoms with Crippen molar-refractivity contribution >= 4 is 0 Å². The van der Waals surface area contributed by atoms with Gasteiger partial charge in [-0.1, -0.05) is 19.1 Å². The molecule has 0 amide bonds. The summed E-state index contributed by atoms with van der Waals surface area (Å²) < 4.78 is 13.4. The Labute approximate surface area is 93.7 Å². The Hall–Kier alpha value is -1.71. The summed E-state index contributed by atoms with van der Waals surface area (Å²) in [4.78, 5) is 4.31. The van der Waals surface area contributed by atoms with Gasteiger partial charge in [0.2, 0.25) is 0 Å². The summed E-state index contributed by atoms with van der Waals surface area (Å²) in [7, 11) is 0. The predicted octanol–water partition coefficient (Wildman–Crippen LogP) is 2.87. The SMILES string of the molecule is CCCc1nc(-c2ccc(C)c(F)c2)n[nH]1. The Balaban J connectivity index is 2.31. The molecule has 3 nitrogen and oxygen atoms in total. The molecular formula is C12H14FN3. The lowest BCUT2D eigenvalue weighted by Gasteiger charge is -1.98. The lowest BCUT2D eigenvalue weighted by atomic mass is 10.1. The van der Waals surface area contributed by atoms with Crippen molar-refractivity contribution in [2.45, 2.75) is 26.7 Å². The van der Waals surface area contributed by atoms with Crippen LogP contribution in [0.3, 0.4) is 0 Å². The molecule has 0 saturated heterocycles. The fourth-order valence-electron chi connectivity index (χ4n) is 1.50. The minimum Gasteiger partial charge on any atom is -0.263 e. The van der Waals surface area contributed by atoms with Gasteiger partial charge in [-0.2, -0.15) is 5.10 Å². The van der Waals surface area contributed by atoms with Gasteiger partial charge in [0, 0.05) is 12.0 Å². The zero-order valence-electron chi connectivity index (χ0n) is 9.42. The van der Waals surface area contributed by atoms with Crippen LogP contribution in [-0.4, -0.2) is 15.2 Å². The number of aromatic nitrogens is 3. The number of hydrogen-bond acceptors (Lipinski definition) is 2. The van der Waals surface area contributed by atoms with Crippen LogP contribution in [0.15, 0.2) is 18.2 Å². The number of H-pyrrole nitrogens is 1. The first-order chi connectivity index (χ1) is 7.70. The second kappa shape index (κ2) is 4.43. The summed E-state index contributed by atoms with van der Waals surface area (Å²) >= 11 is 0. The van der Waals surface area contributed by atoms with Gasteiger partial charge in [0.05, 0.1) is 0 Å². The predicted molar refractivity (Wildman–Crippen MR) is 60.5 cm³/mol. The fraction of sp³-hybridized carbons (Fsp3) is 0.333. The maximum Gasteiger partial charge on any atom is 0.181 e. The molecule has 0 unspecified atom stereocenters. The molecule has 0 bridgehead atoms. The molecule has 4 heteroatoms. The summed E-state index contributed by atoms with van der Waals surface area (Å²) in [6, 6.07) is 5.03. The number of nitrogens with zero attached hydrogens (tertiary/aromatic N) is 2. The third-order valence-electron chi connectivity index (χ3n) is 2.45. The summed E-state index contributed by atoms with van der Waals surface area (Å²) in [5.74, 6) is 1.18. The first-order valence-corrected chi connectivity index (χ1v) is 5.38. The van der Waals surface area contributed by atoms with Gasteiger partial charge in [-0.25, -0.2) is 9.37 Å². The largest absolute Gasteiger partial charge is 0.263 e. The van der Waals surface area contributed by atoms with Crippen LogP contribution in [-0.2, 0) is 6.42 Å². The molecule has 0 fully saturated rings. The highest BCUT2D eigenvalue weighted by Crippen LogP contribution is 2.18. The van der Waals surface area contributed by atoms with Gasteiger partial charge < -0.3 is 0 Å². The van der Waals surface area contributed by atoms with E-state index in [1.54, 1.807) is 13.0 Å². The molecule has 1 N–H and O–H groups in total. The lowest BCUT2D eigenvalue weighted by molar-refractivity contribution is 0.619. The molecule has 0 spiro atoms. The van der Waals surface area contributed by atoms with Gasteiger partial charge in [-0.15, -0.1) is 0 Å². The first-order valence-electron chi connectivity index (χ1n) is 5.38. The molecule has 1 aromatic heterocycles. The summed E-state index contributed by atoms with van der Waals surface area (Å²) in [5.41, 5.74) is 1.34. The van der Waals surface area contributed by atoms with E-state index in [1.807, 2.05) is 6.07 Å². The van der Waals surface area contributed by atoms with Gasteiger partial charge in [0.25, 0.3) is 0 Å². The van der Waals surface area contributed by atoms with Crippen LogP contribution < -0.4 is 0 Å². The topological polar surface area (TPSA) is 41.6 Å². The minimum absolute atomic E-state index is 0.223. The number of halogens is 1. The molecule has 0 saturated carbocycles. The van der Waals surface area contributed by atoms with E-state index in [2.05, 4.69) is 22.1 Å². The van der Waals surface area contributed by atoms with Gasteiger partial charge in [0.1, 0.15) is 11.6 Å². The first kappa shape index (κ1) is 10.8. The Kier molecular flexibility index (Phi) is 2.99. The van der Waals surface area contributed by atoms with Crippen molar-refractivity contribution in [2.24, 2.45) is 0 Å². The van der Waals surface area contributed by atoms with E-state index in [1.165, 1.54) is 6.07 Å². The lowest BCUT2D eigenvalue weighted by Crippen LogP contribution is -1.87. The third kappa shape index (κ3) is 2.10. The molecule has 2 rings (SSSR count). The Morgan fingerprint density at radius 1 is 1.38 bits per heavy atom. The Morgan fingerprint density at radius 2 is 2.19 bits per heavy atom. The Morgan fingerprint density at radius 3 is 2.88 bits per heavy atom. The zero-order chi connectivity index (χ0) is 11.5. The summed E-state index contributed by atoms with van der Waals surface area (Å²) in [6.07, 6.45) is 1.87. The molecule has 0 atom stereocenters. The minimum atomic E-state index is -0.223. The molecular weight excluding hydrogens is 205 g/mol. The fourth-order valence-corrected chi connectivity index (χ4v) is 1.50. The molecule has 1 aromatic carbocycles. The van der Waals surface area contributed by atoms with Crippen LogP contribution in [0, 0.1) is 12.7 Å². The van der Waals surface area contributed by atoms with Crippen LogP contribution in [0.5, 0.6) is 0 Å². The van der Waals surface area contributed by atoms with E-state index in [0.29, 0.717) is 17.0 Å². The highest BCUT2D eigenvalue weighted by atomic mass is 19.1. The third-order valence-corrected chi connectivity index (χ3v) is 2.45. The maximum absolute atomic E-state index is 13.4.